The molecule has 15 heteroatoms. The minimum atomic E-state index is -0.889. The van der Waals surface area contributed by atoms with Gasteiger partial charge in [0.2, 0.25) is 5.91 Å². The molecule has 5 amide bonds. The van der Waals surface area contributed by atoms with Gasteiger partial charge < -0.3 is 45.1 Å². The number of ether oxygens (including phenoxy) is 1. The molecule has 0 unspecified atom stereocenters. The van der Waals surface area contributed by atoms with Crippen molar-refractivity contribution in [2.75, 3.05) is 33.3 Å². The van der Waals surface area contributed by atoms with Crippen molar-refractivity contribution in [1.29, 1.82) is 0 Å². The average molecular weight is 900 g/mol. The standard InChI is InChI=1S/C52H53N9O6/c1-67-52(66)58-46(39-13-6-3-7-14-39)50(64)61-30-10-17-44(61)48-54-32-42(56-48)37-26-22-35(23-27-37)19-18-34-20-24-36(25-21-34)41-31-53-47(55-41)43-16-9-29-60(43)49(63)45(38-11-4-2-5-12-38)57-51(65)59-28-8-15-40(62)33-59/h2-7,11-14,20-27,31-32,40,43-46,62H,8-10,15-17,28-30,33H2,1H3,(H,53,55)(H,54,56)(H,57,65)(H,58,66)/t40-,43-,44-,45+,46+/m0/s1. The van der Waals surface area contributed by atoms with Crippen LogP contribution >= 0.6 is 0 Å². The maximum Gasteiger partial charge on any atom is 0.407 e. The topological polar surface area (TPSA) is 189 Å². The number of aliphatic hydroxyl groups excluding tert-OH is 1. The Kier molecular flexibility index (Phi) is 13.4. The first-order valence-electron chi connectivity index (χ1n) is 22.8. The third kappa shape index (κ3) is 10.1. The van der Waals surface area contributed by atoms with E-state index >= 15 is 0 Å². The summed E-state index contributed by atoms with van der Waals surface area (Å²) in [4.78, 5) is 75.3. The van der Waals surface area contributed by atoms with Crippen molar-refractivity contribution in [1.82, 2.24) is 45.3 Å². The van der Waals surface area contributed by atoms with Crippen LogP contribution in [0, 0.1) is 11.8 Å². The second-order valence-corrected chi connectivity index (χ2v) is 17.2. The molecule has 3 saturated heterocycles. The van der Waals surface area contributed by atoms with Gasteiger partial charge in [-0.1, -0.05) is 96.8 Å². The highest BCUT2D eigenvalue weighted by atomic mass is 16.5. The SMILES string of the molecule is COC(=O)N[C@@H](C(=O)N1CCC[C@H]1c1ncc(-c2ccc(C#Cc3ccc(-c4cnc([C@@H]5CCCN5C(=O)[C@H](NC(=O)N5CCC[C@H](O)C5)c5ccccc5)[nH]4)cc3)cc2)[nH]1)c1ccccc1. The zero-order chi connectivity index (χ0) is 46.3. The molecule has 2 aromatic heterocycles. The summed E-state index contributed by atoms with van der Waals surface area (Å²) >= 11 is 0. The first-order valence-corrected chi connectivity index (χ1v) is 22.8. The number of carbonyl (C=O) groups excluding carboxylic acids is 4. The van der Waals surface area contributed by atoms with Crippen molar-refractivity contribution in [3.8, 4) is 34.4 Å². The molecule has 342 valence electrons. The summed E-state index contributed by atoms with van der Waals surface area (Å²) in [6.45, 7) is 1.86. The van der Waals surface area contributed by atoms with E-state index in [2.05, 4.69) is 37.4 Å². The number of aromatic nitrogens is 4. The fourth-order valence-electron chi connectivity index (χ4n) is 9.27. The summed E-state index contributed by atoms with van der Waals surface area (Å²) in [5.41, 5.74) is 6.56. The first-order chi connectivity index (χ1) is 32.7. The number of H-pyrrole nitrogens is 2. The number of likely N-dealkylation sites (tertiary alicyclic amines) is 3. The molecule has 3 fully saturated rings. The summed E-state index contributed by atoms with van der Waals surface area (Å²) in [5, 5.41) is 15.9. The quantitative estimate of drug-likeness (QED) is 0.0893. The Morgan fingerprint density at radius 3 is 1.57 bits per heavy atom. The molecule has 15 nitrogen and oxygen atoms in total. The van der Waals surface area contributed by atoms with Crippen LogP contribution in [0.1, 0.15) is 96.6 Å². The number of alkyl carbamates (subject to hydrolysis) is 1. The van der Waals surface area contributed by atoms with E-state index in [1.165, 1.54) is 7.11 Å². The molecular weight excluding hydrogens is 847 g/mol. The van der Waals surface area contributed by atoms with E-state index < -0.39 is 24.3 Å². The predicted molar refractivity (Wildman–Crippen MR) is 251 cm³/mol. The van der Waals surface area contributed by atoms with Crippen LogP contribution < -0.4 is 10.6 Å². The van der Waals surface area contributed by atoms with Gasteiger partial charge in [-0.3, -0.25) is 9.59 Å². The number of rotatable bonds is 10. The van der Waals surface area contributed by atoms with E-state index in [-0.39, 0.29) is 36.5 Å². The van der Waals surface area contributed by atoms with Crippen LogP contribution in [0.2, 0.25) is 0 Å². The van der Waals surface area contributed by atoms with Gasteiger partial charge in [-0.15, -0.1) is 0 Å². The van der Waals surface area contributed by atoms with Crippen LogP contribution in [0.3, 0.4) is 0 Å². The Hall–Kier alpha value is -7.70. The third-order valence-corrected chi connectivity index (χ3v) is 12.8. The number of hydrogen-bond acceptors (Lipinski definition) is 8. The highest BCUT2D eigenvalue weighted by molar-refractivity contribution is 5.89. The van der Waals surface area contributed by atoms with Crippen LogP contribution in [-0.4, -0.2) is 103 Å². The maximum atomic E-state index is 14.3. The number of β-amino-alcohol motifs (C(OH)–C–C–N with tert-alkyl or cyclic N) is 1. The lowest BCUT2D eigenvalue weighted by molar-refractivity contribution is -0.135. The number of carbonyl (C=O) groups is 4. The van der Waals surface area contributed by atoms with Crippen molar-refractivity contribution in [3.63, 3.8) is 0 Å². The second-order valence-electron chi connectivity index (χ2n) is 17.2. The van der Waals surface area contributed by atoms with Gasteiger partial charge in [-0.05, 0) is 85.0 Å². The lowest BCUT2D eigenvalue weighted by atomic mass is 10.0. The van der Waals surface area contributed by atoms with Gasteiger partial charge in [-0.2, -0.15) is 0 Å². The molecule has 67 heavy (non-hydrogen) atoms. The summed E-state index contributed by atoms with van der Waals surface area (Å²) in [5.74, 6) is 7.48. The Bertz CT molecular complexity index is 2750. The number of benzene rings is 4. The van der Waals surface area contributed by atoms with E-state index in [9.17, 15) is 24.3 Å². The molecule has 3 aliphatic heterocycles. The number of aliphatic hydroxyl groups is 1. The van der Waals surface area contributed by atoms with Crippen LogP contribution in [-0.2, 0) is 14.3 Å². The average Bonchev–Trinajstić information content (AvgIpc) is 4.23. The Morgan fingerprint density at radius 2 is 1.10 bits per heavy atom. The number of hydrogen-bond donors (Lipinski definition) is 5. The number of imidazole rings is 2. The van der Waals surface area contributed by atoms with Crippen molar-refractivity contribution >= 4 is 23.9 Å². The second kappa shape index (κ2) is 20.2. The van der Waals surface area contributed by atoms with Crippen molar-refractivity contribution < 1.29 is 29.0 Å². The normalized spacial score (nSPS) is 19.0. The van der Waals surface area contributed by atoms with Gasteiger partial charge in [0.1, 0.15) is 23.7 Å². The van der Waals surface area contributed by atoms with Gasteiger partial charge >= 0.3 is 12.1 Å². The summed E-state index contributed by atoms with van der Waals surface area (Å²) in [6.07, 6.45) is 6.77. The summed E-state index contributed by atoms with van der Waals surface area (Å²) in [7, 11) is 1.28. The largest absolute Gasteiger partial charge is 0.453 e. The van der Waals surface area contributed by atoms with E-state index in [4.69, 9.17) is 9.72 Å². The minimum Gasteiger partial charge on any atom is -0.453 e. The lowest BCUT2D eigenvalue weighted by Gasteiger charge is -2.33. The van der Waals surface area contributed by atoms with Crippen LogP contribution in [0.5, 0.6) is 0 Å². The molecule has 4 aromatic carbocycles. The molecule has 6 aromatic rings. The molecule has 5 heterocycles. The maximum absolute atomic E-state index is 14.3. The Morgan fingerprint density at radius 1 is 0.642 bits per heavy atom. The minimum absolute atomic E-state index is 0.197. The summed E-state index contributed by atoms with van der Waals surface area (Å²) in [6, 6.07) is 31.6. The van der Waals surface area contributed by atoms with Gasteiger partial charge in [0.25, 0.3) is 5.91 Å². The molecule has 0 spiro atoms. The van der Waals surface area contributed by atoms with Gasteiger partial charge in [0, 0.05) is 37.3 Å². The smallest absolute Gasteiger partial charge is 0.407 e. The van der Waals surface area contributed by atoms with E-state index in [1.807, 2.05) is 114 Å². The number of amides is 5. The zero-order valence-electron chi connectivity index (χ0n) is 37.2. The van der Waals surface area contributed by atoms with Crippen molar-refractivity contribution in [2.45, 2.75) is 68.8 Å². The van der Waals surface area contributed by atoms with Gasteiger partial charge in [0.05, 0.1) is 49.1 Å². The molecule has 5 N–H and O–H groups in total. The lowest BCUT2D eigenvalue weighted by Crippen LogP contribution is -2.51. The van der Waals surface area contributed by atoms with Gasteiger partial charge in [-0.25, -0.2) is 19.6 Å². The van der Waals surface area contributed by atoms with E-state index in [0.717, 1.165) is 59.3 Å². The fraction of sp³-hybridized carbons (Fsp3) is 0.308. The van der Waals surface area contributed by atoms with E-state index in [1.54, 1.807) is 22.2 Å². The van der Waals surface area contributed by atoms with E-state index in [0.29, 0.717) is 55.3 Å². The number of methoxy groups -OCH3 is 1. The molecular formula is C52H53N9O6. The third-order valence-electron chi connectivity index (χ3n) is 12.8. The van der Waals surface area contributed by atoms with Crippen molar-refractivity contribution in [2.24, 2.45) is 0 Å². The number of aromatic amines is 2. The molecule has 0 radical (unpaired) electrons. The molecule has 0 bridgehead atoms. The monoisotopic (exact) mass is 899 g/mol. The zero-order valence-corrected chi connectivity index (χ0v) is 37.2. The van der Waals surface area contributed by atoms with Crippen molar-refractivity contribution in [3.05, 3.63) is 155 Å². The number of piperidine rings is 1. The predicted octanol–water partition coefficient (Wildman–Crippen LogP) is 7.20. The molecule has 9 rings (SSSR count). The fourth-order valence-corrected chi connectivity index (χ4v) is 9.27. The summed E-state index contributed by atoms with van der Waals surface area (Å²) < 4.78 is 4.83. The molecule has 0 saturated carbocycles. The van der Waals surface area contributed by atoms with Crippen LogP contribution in [0.15, 0.2) is 122 Å². The Balaban J connectivity index is 0.829. The number of nitrogens with one attached hydrogen (secondary N) is 4. The van der Waals surface area contributed by atoms with Gasteiger partial charge in [0.15, 0.2) is 0 Å². The molecule has 0 aliphatic carbocycles. The molecule has 5 atom stereocenters. The number of nitrogens with zero attached hydrogens (tertiary/aromatic N) is 5. The first kappa shape index (κ1) is 44.5. The number of urea groups is 1. The van der Waals surface area contributed by atoms with Crippen LogP contribution in [0.25, 0.3) is 22.5 Å². The highest BCUT2D eigenvalue weighted by Gasteiger charge is 2.39. The Labute approximate surface area is 389 Å². The highest BCUT2D eigenvalue weighted by Crippen LogP contribution is 2.36. The molecule has 3 aliphatic rings. The van der Waals surface area contributed by atoms with Crippen LogP contribution in [0.4, 0.5) is 9.59 Å².